The molecule has 0 unspecified atom stereocenters. The molecular weight excluding hydrogens is 360 g/mol. The standard InChI is InChI=1S/C20H24N4O4/c1-13-11-12-21-24(13)17-9-7-15(8-10-17)19(26)28-14(2)18(25)23-20(27)22-16-5-3-4-6-16/h7-12,14,16H,3-6H2,1-2H3,(H2,22,23,25,27)/t14-/m0/s1. The average molecular weight is 384 g/mol. The van der Waals surface area contributed by atoms with Crippen molar-refractivity contribution in [3.63, 3.8) is 0 Å². The highest BCUT2D eigenvalue weighted by atomic mass is 16.5. The molecule has 1 aromatic heterocycles. The van der Waals surface area contributed by atoms with Gasteiger partial charge in [0.15, 0.2) is 6.10 Å². The molecule has 2 aromatic rings. The number of rotatable bonds is 5. The van der Waals surface area contributed by atoms with Gasteiger partial charge in [0, 0.05) is 17.9 Å². The second-order valence-corrected chi connectivity index (χ2v) is 6.92. The lowest BCUT2D eigenvalue weighted by molar-refractivity contribution is -0.127. The highest BCUT2D eigenvalue weighted by Gasteiger charge is 2.23. The fraction of sp³-hybridized carbons (Fsp3) is 0.400. The van der Waals surface area contributed by atoms with Crippen LogP contribution in [0.4, 0.5) is 4.79 Å². The number of ether oxygens (including phenoxy) is 1. The molecule has 8 heteroatoms. The first kappa shape index (κ1) is 19.6. The van der Waals surface area contributed by atoms with Gasteiger partial charge in [0.25, 0.3) is 5.91 Å². The van der Waals surface area contributed by atoms with E-state index in [-0.39, 0.29) is 6.04 Å². The summed E-state index contributed by atoms with van der Waals surface area (Å²) in [5.41, 5.74) is 2.09. The van der Waals surface area contributed by atoms with Crippen LogP contribution in [0.3, 0.4) is 0 Å². The molecule has 0 spiro atoms. The second-order valence-electron chi connectivity index (χ2n) is 6.92. The molecule has 2 N–H and O–H groups in total. The van der Waals surface area contributed by atoms with E-state index < -0.39 is 24.0 Å². The number of imide groups is 1. The molecule has 1 aliphatic rings. The third-order valence-corrected chi connectivity index (χ3v) is 4.76. The van der Waals surface area contributed by atoms with E-state index in [0.717, 1.165) is 37.1 Å². The zero-order valence-electron chi connectivity index (χ0n) is 16.0. The molecule has 148 valence electrons. The van der Waals surface area contributed by atoms with Gasteiger partial charge in [0.2, 0.25) is 0 Å². The number of carbonyl (C=O) groups is 3. The Balaban J connectivity index is 1.52. The fourth-order valence-electron chi connectivity index (χ4n) is 3.17. The van der Waals surface area contributed by atoms with Gasteiger partial charge in [-0.2, -0.15) is 5.10 Å². The van der Waals surface area contributed by atoms with E-state index in [1.54, 1.807) is 35.1 Å². The predicted molar refractivity (Wildman–Crippen MR) is 102 cm³/mol. The molecule has 0 bridgehead atoms. The summed E-state index contributed by atoms with van der Waals surface area (Å²) in [4.78, 5) is 36.2. The number of nitrogens with one attached hydrogen (secondary N) is 2. The first-order chi connectivity index (χ1) is 13.4. The summed E-state index contributed by atoms with van der Waals surface area (Å²) >= 11 is 0. The second kappa shape index (κ2) is 8.69. The van der Waals surface area contributed by atoms with E-state index in [1.807, 2.05) is 13.0 Å². The van der Waals surface area contributed by atoms with E-state index in [0.29, 0.717) is 5.56 Å². The number of esters is 1. The molecule has 1 aromatic carbocycles. The van der Waals surface area contributed by atoms with E-state index in [9.17, 15) is 14.4 Å². The molecule has 1 atom stereocenters. The minimum Gasteiger partial charge on any atom is -0.449 e. The minimum atomic E-state index is -1.09. The molecule has 0 aliphatic heterocycles. The molecule has 1 fully saturated rings. The maximum absolute atomic E-state index is 12.3. The lowest BCUT2D eigenvalue weighted by atomic mass is 10.2. The van der Waals surface area contributed by atoms with E-state index in [4.69, 9.17) is 4.74 Å². The van der Waals surface area contributed by atoms with Gasteiger partial charge in [-0.1, -0.05) is 12.8 Å². The normalized spacial score (nSPS) is 15.1. The number of hydrogen-bond donors (Lipinski definition) is 2. The smallest absolute Gasteiger partial charge is 0.338 e. The molecule has 3 rings (SSSR count). The molecule has 8 nitrogen and oxygen atoms in total. The number of carbonyl (C=O) groups excluding carboxylic acids is 3. The van der Waals surface area contributed by atoms with Crippen LogP contribution in [0.1, 0.15) is 48.7 Å². The average Bonchev–Trinajstić information content (AvgIpc) is 3.33. The largest absolute Gasteiger partial charge is 0.449 e. The van der Waals surface area contributed by atoms with Crippen molar-refractivity contribution in [2.45, 2.75) is 51.7 Å². The third-order valence-electron chi connectivity index (χ3n) is 4.76. The Labute approximate surface area is 163 Å². The van der Waals surface area contributed by atoms with Crippen LogP contribution in [-0.2, 0) is 9.53 Å². The molecule has 1 aliphatic carbocycles. The first-order valence-electron chi connectivity index (χ1n) is 9.37. The van der Waals surface area contributed by atoms with E-state index in [1.165, 1.54) is 6.92 Å². The van der Waals surface area contributed by atoms with Gasteiger partial charge in [0.1, 0.15) is 0 Å². The number of urea groups is 1. The zero-order valence-corrected chi connectivity index (χ0v) is 16.0. The van der Waals surface area contributed by atoms with Crippen LogP contribution in [0.15, 0.2) is 36.5 Å². The Bertz CT molecular complexity index is 853. The summed E-state index contributed by atoms with van der Waals surface area (Å²) in [5.74, 6) is -1.30. The van der Waals surface area contributed by atoms with Gasteiger partial charge >= 0.3 is 12.0 Å². The Kier molecular flexibility index (Phi) is 6.08. The van der Waals surface area contributed by atoms with Crippen LogP contribution >= 0.6 is 0 Å². The predicted octanol–water partition coefficient (Wildman–Crippen LogP) is 2.49. The third kappa shape index (κ3) is 4.76. The van der Waals surface area contributed by atoms with Crippen LogP contribution in [-0.4, -0.2) is 39.8 Å². The van der Waals surface area contributed by atoms with Crippen molar-refractivity contribution in [3.05, 3.63) is 47.8 Å². The van der Waals surface area contributed by atoms with E-state index in [2.05, 4.69) is 15.7 Å². The molecule has 0 radical (unpaired) electrons. The van der Waals surface area contributed by atoms with Crippen LogP contribution in [0.5, 0.6) is 0 Å². The van der Waals surface area contributed by atoms with Gasteiger partial charge in [0.05, 0.1) is 11.3 Å². The molecule has 1 heterocycles. The van der Waals surface area contributed by atoms with Gasteiger partial charge in [-0.3, -0.25) is 10.1 Å². The minimum absolute atomic E-state index is 0.0996. The SMILES string of the molecule is Cc1ccnn1-c1ccc(C(=O)O[C@@H](C)C(=O)NC(=O)NC2CCCC2)cc1. The molecular formula is C20H24N4O4. The summed E-state index contributed by atoms with van der Waals surface area (Å²) in [6, 6.07) is 8.13. The van der Waals surface area contributed by atoms with E-state index >= 15 is 0 Å². The van der Waals surface area contributed by atoms with Gasteiger partial charge in [-0.25, -0.2) is 14.3 Å². The first-order valence-corrected chi connectivity index (χ1v) is 9.37. The number of hydrogen-bond acceptors (Lipinski definition) is 5. The van der Waals surface area contributed by atoms with Crippen molar-refractivity contribution in [2.24, 2.45) is 0 Å². The molecule has 0 saturated heterocycles. The molecule has 3 amide bonds. The van der Waals surface area contributed by atoms with Crippen molar-refractivity contribution in [1.29, 1.82) is 0 Å². The summed E-state index contributed by atoms with van der Waals surface area (Å²) in [6.07, 6.45) is 4.59. The highest BCUT2D eigenvalue weighted by Crippen LogP contribution is 2.17. The highest BCUT2D eigenvalue weighted by molar-refractivity contribution is 5.98. The summed E-state index contributed by atoms with van der Waals surface area (Å²) in [5, 5.41) is 9.18. The van der Waals surface area contributed by atoms with Gasteiger partial charge in [-0.05, 0) is 57.0 Å². The fourth-order valence-corrected chi connectivity index (χ4v) is 3.17. The zero-order chi connectivity index (χ0) is 20.1. The van der Waals surface area contributed by atoms with Crippen LogP contribution < -0.4 is 10.6 Å². The lowest BCUT2D eigenvalue weighted by Crippen LogP contribution is -2.47. The van der Waals surface area contributed by atoms with Crippen molar-refractivity contribution >= 4 is 17.9 Å². The summed E-state index contributed by atoms with van der Waals surface area (Å²) in [6.45, 7) is 3.36. The quantitative estimate of drug-likeness (QED) is 0.771. The molecule has 28 heavy (non-hydrogen) atoms. The number of benzene rings is 1. The number of aryl methyl sites for hydroxylation is 1. The van der Waals surface area contributed by atoms with Crippen molar-refractivity contribution < 1.29 is 19.1 Å². The Morgan fingerprint density at radius 2 is 1.82 bits per heavy atom. The van der Waals surface area contributed by atoms with Crippen molar-refractivity contribution in [1.82, 2.24) is 20.4 Å². The van der Waals surface area contributed by atoms with Crippen LogP contribution in [0.25, 0.3) is 5.69 Å². The van der Waals surface area contributed by atoms with Crippen LogP contribution in [0, 0.1) is 6.92 Å². The van der Waals surface area contributed by atoms with Crippen molar-refractivity contribution in [2.75, 3.05) is 0 Å². The Morgan fingerprint density at radius 3 is 2.43 bits per heavy atom. The van der Waals surface area contributed by atoms with Gasteiger partial charge in [-0.15, -0.1) is 0 Å². The Morgan fingerprint density at radius 1 is 1.14 bits per heavy atom. The lowest BCUT2D eigenvalue weighted by Gasteiger charge is -2.15. The summed E-state index contributed by atoms with van der Waals surface area (Å²) < 4.78 is 6.91. The number of nitrogens with zero attached hydrogens (tertiary/aromatic N) is 2. The number of aromatic nitrogens is 2. The molecule has 1 saturated carbocycles. The topological polar surface area (TPSA) is 102 Å². The summed E-state index contributed by atoms with van der Waals surface area (Å²) in [7, 11) is 0. The van der Waals surface area contributed by atoms with Crippen LogP contribution in [0.2, 0.25) is 0 Å². The monoisotopic (exact) mass is 384 g/mol. The maximum Gasteiger partial charge on any atom is 0.338 e. The van der Waals surface area contributed by atoms with Gasteiger partial charge < -0.3 is 10.1 Å². The van der Waals surface area contributed by atoms with Crippen molar-refractivity contribution in [3.8, 4) is 5.69 Å². The Hall–Kier alpha value is -3.16. The number of amides is 3. The maximum atomic E-state index is 12.3.